The van der Waals surface area contributed by atoms with Gasteiger partial charge in [-0.3, -0.25) is 14.9 Å². The Labute approximate surface area is 158 Å². The van der Waals surface area contributed by atoms with Crippen molar-refractivity contribution >= 4 is 17.3 Å². The topological polar surface area (TPSA) is 78.7 Å². The smallest absolute Gasteiger partial charge is 0.274 e. The van der Waals surface area contributed by atoms with Gasteiger partial charge in [0.2, 0.25) is 0 Å². The van der Waals surface area contributed by atoms with Gasteiger partial charge in [0.25, 0.3) is 11.6 Å². The molecular weight excluding hydrogens is 344 g/mol. The molecule has 1 N–H and O–H groups in total. The Balaban J connectivity index is 1.60. The number of hydrogen-bond donors (Lipinski definition) is 1. The maximum absolute atomic E-state index is 12.6. The van der Waals surface area contributed by atoms with Gasteiger partial charge >= 0.3 is 0 Å². The largest absolute Gasteiger partial charge is 0.381 e. The van der Waals surface area contributed by atoms with E-state index in [2.05, 4.69) is 17.3 Å². The Bertz CT molecular complexity index is 828. The summed E-state index contributed by atoms with van der Waals surface area (Å²) in [5.74, 6) is 0.0665. The van der Waals surface area contributed by atoms with Crippen LogP contribution in [0.1, 0.15) is 21.5 Å². The number of amides is 1. The number of likely N-dealkylation sites (N-methyl/N-ethyl adjacent to an activating group) is 1. The molecule has 1 aliphatic heterocycles. The van der Waals surface area contributed by atoms with E-state index in [9.17, 15) is 14.9 Å². The van der Waals surface area contributed by atoms with Crippen LogP contribution in [0.25, 0.3) is 0 Å². The molecule has 2 aromatic carbocycles. The summed E-state index contributed by atoms with van der Waals surface area (Å²) in [5.41, 5.74) is 3.14. The number of rotatable bonds is 5. The summed E-state index contributed by atoms with van der Waals surface area (Å²) in [5, 5.41) is 14.2. The van der Waals surface area contributed by atoms with Crippen molar-refractivity contribution in [3.63, 3.8) is 0 Å². The monoisotopic (exact) mass is 368 g/mol. The minimum absolute atomic E-state index is 0.0665. The number of nitro groups is 1. The van der Waals surface area contributed by atoms with Gasteiger partial charge in [-0.15, -0.1) is 0 Å². The van der Waals surface area contributed by atoms with Crippen LogP contribution >= 0.6 is 0 Å². The molecule has 2 aromatic rings. The first-order chi connectivity index (χ1) is 12.9. The zero-order valence-corrected chi connectivity index (χ0v) is 15.6. The molecule has 0 saturated carbocycles. The van der Waals surface area contributed by atoms with Gasteiger partial charge in [0.1, 0.15) is 0 Å². The summed E-state index contributed by atoms with van der Waals surface area (Å²) in [7, 11) is 2.06. The first kappa shape index (κ1) is 18.8. The average molecular weight is 368 g/mol. The van der Waals surface area contributed by atoms with E-state index in [1.54, 1.807) is 19.1 Å². The van der Waals surface area contributed by atoms with Gasteiger partial charge in [-0.1, -0.05) is 18.2 Å². The number of nitro benzene ring substituents is 1. The number of carbonyl (C=O) groups is 1. The first-order valence-electron chi connectivity index (χ1n) is 9.00. The molecule has 0 radical (unpaired) electrons. The van der Waals surface area contributed by atoms with Gasteiger partial charge in [0.05, 0.1) is 4.92 Å². The highest BCUT2D eigenvalue weighted by molar-refractivity contribution is 5.94. The molecule has 1 amide bonds. The molecular formula is C20H24N4O3. The number of nitrogens with one attached hydrogen (secondary N) is 1. The molecule has 1 saturated heterocycles. The normalized spacial score (nSPS) is 14.8. The molecule has 0 unspecified atom stereocenters. The zero-order valence-electron chi connectivity index (χ0n) is 15.6. The number of benzene rings is 2. The van der Waals surface area contributed by atoms with Crippen LogP contribution in [0.3, 0.4) is 0 Å². The second kappa shape index (κ2) is 8.18. The quantitative estimate of drug-likeness (QED) is 0.648. The summed E-state index contributed by atoms with van der Waals surface area (Å²) in [6.45, 7) is 5.56. The van der Waals surface area contributed by atoms with Gasteiger partial charge in [-0.05, 0) is 37.7 Å². The van der Waals surface area contributed by atoms with Crippen molar-refractivity contribution in [3.8, 4) is 0 Å². The number of nitrogens with zero attached hydrogens (tertiary/aromatic N) is 3. The second-order valence-corrected chi connectivity index (χ2v) is 6.90. The number of hydrogen-bond acceptors (Lipinski definition) is 5. The SMILES string of the molecule is Cc1ccc(NCc2ccc(C(=O)N3CCN(C)CC3)cc2)cc1[N+](=O)[O-]. The molecule has 1 heterocycles. The van der Waals surface area contributed by atoms with Gasteiger partial charge in [0.15, 0.2) is 0 Å². The summed E-state index contributed by atoms with van der Waals surface area (Å²) >= 11 is 0. The molecule has 1 fully saturated rings. The van der Waals surface area contributed by atoms with Gasteiger partial charge in [-0.25, -0.2) is 0 Å². The molecule has 0 spiro atoms. The highest BCUT2D eigenvalue weighted by Crippen LogP contribution is 2.22. The number of piperazine rings is 1. The van der Waals surface area contributed by atoms with Crippen molar-refractivity contribution in [1.29, 1.82) is 0 Å². The maximum Gasteiger partial charge on any atom is 0.274 e. The van der Waals surface area contributed by atoms with Gasteiger partial charge < -0.3 is 15.1 Å². The molecule has 7 heteroatoms. The molecule has 0 aromatic heterocycles. The Morgan fingerprint density at radius 1 is 1.11 bits per heavy atom. The van der Waals surface area contributed by atoms with Crippen LogP contribution in [-0.4, -0.2) is 53.9 Å². The van der Waals surface area contributed by atoms with Crippen LogP contribution in [0.5, 0.6) is 0 Å². The molecule has 0 aliphatic carbocycles. The molecule has 27 heavy (non-hydrogen) atoms. The van der Waals surface area contributed by atoms with Crippen molar-refractivity contribution in [3.05, 3.63) is 69.3 Å². The molecule has 0 bridgehead atoms. The molecule has 3 rings (SSSR count). The van der Waals surface area contributed by atoms with Crippen LogP contribution in [0, 0.1) is 17.0 Å². The van der Waals surface area contributed by atoms with Crippen molar-refractivity contribution in [2.75, 3.05) is 38.5 Å². The standard InChI is InChI=1S/C20H24N4O3/c1-15-3-8-18(13-19(15)24(26)27)21-14-16-4-6-17(7-5-16)20(25)23-11-9-22(2)10-12-23/h3-8,13,21H,9-12,14H2,1-2H3. The van der Waals surface area contributed by atoms with E-state index in [1.807, 2.05) is 35.2 Å². The molecule has 7 nitrogen and oxygen atoms in total. The van der Waals surface area contributed by atoms with E-state index in [4.69, 9.17) is 0 Å². The van der Waals surface area contributed by atoms with Crippen molar-refractivity contribution in [1.82, 2.24) is 9.80 Å². The first-order valence-corrected chi connectivity index (χ1v) is 9.00. The van der Waals surface area contributed by atoms with Crippen LogP contribution in [0.15, 0.2) is 42.5 Å². The fourth-order valence-electron chi connectivity index (χ4n) is 3.08. The third-order valence-corrected chi connectivity index (χ3v) is 4.89. The lowest BCUT2D eigenvalue weighted by atomic mass is 10.1. The number of anilines is 1. The highest BCUT2D eigenvalue weighted by Gasteiger charge is 2.20. The van der Waals surface area contributed by atoms with E-state index in [0.29, 0.717) is 23.4 Å². The third-order valence-electron chi connectivity index (χ3n) is 4.89. The summed E-state index contributed by atoms with van der Waals surface area (Å²) in [4.78, 5) is 27.3. The Hall–Kier alpha value is -2.93. The average Bonchev–Trinajstić information content (AvgIpc) is 2.67. The van der Waals surface area contributed by atoms with Crippen molar-refractivity contribution < 1.29 is 9.72 Å². The van der Waals surface area contributed by atoms with Crippen LogP contribution in [-0.2, 0) is 6.54 Å². The van der Waals surface area contributed by atoms with Crippen molar-refractivity contribution in [2.45, 2.75) is 13.5 Å². The summed E-state index contributed by atoms with van der Waals surface area (Å²) in [6, 6.07) is 12.6. The minimum atomic E-state index is -0.376. The van der Waals surface area contributed by atoms with E-state index in [-0.39, 0.29) is 16.5 Å². The predicted molar refractivity (Wildman–Crippen MR) is 105 cm³/mol. The fraction of sp³-hybridized carbons (Fsp3) is 0.350. The second-order valence-electron chi connectivity index (χ2n) is 6.90. The molecule has 1 aliphatic rings. The third kappa shape index (κ3) is 4.62. The lowest BCUT2D eigenvalue weighted by Crippen LogP contribution is -2.47. The fourth-order valence-corrected chi connectivity index (χ4v) is 3.08. The predicted octanol–water partition coefficient (Wildman–Crippen LogP) is 2.90. The number of carbonyl (C=O) groups excluding carboxylic acids is 1. The Morgan fingerprint density at radius 2 is 1.78 bits per heavy atom. The lowest BCUT2D eigenvalue weighted by molar-refractivity contribution is -0.385. The van der Waals surface area contributed by atoms with E-state index in [0.717, 1.165) is 31.7 Å². The van der Waals surface area contributed by atoms with Crippen LogP contribution in [0.4, 0.5) is 11.4 Å². The maximum atomic E-state index is 12.6. The van der Waals surface area contributed by atoms with Gasteiger partial charge in [0, 0.05) is 55.6 Å². The molecule has 0 atom stereocenters. The highest BCUT2D eigenvalue weighted by atomic mass is 16.6. The van der Waals surface area contributed by atoms with Crippen LogP contribution in [0.2, 0.25) is 0 Å². The van der Waals surface area contributed by atoms with Crippen LogP contribution < -0.4 is 5.32 Å². The Morgan fingerprint density at radius 3 is 2.41 bits per heavy atom. The summed E-state index contributed by atoms with van der Waals surface area (Å²) < 4.78 is 0. The summed E-state index contributed by atoms with van der Waals surface area (Å²) in [6.07, 6.45) is 0. The zero-order chi connectivity index (χ0) is 19.4. The van der Waals surface area contributed by atoms with E-state index < -0.39 is 0 Å². The van der Waals surface area contributed by atoms with E-state index in [1.165, 1.54) is 0 Å². The van der Waals surface area contributed by atoms with Gasteiger partial charge in [-0.2, -0.15) is 0 Å². The minimum Gasteiger partial charge on any atom is -0.381 e. The lowest BCUT2D eigenvalue weighted by Gasteiger charge is -2.32. The number of aryl methyl sites for hydroxylation is 1. The van der Waals surface area contributed by atoms with Crippen molar-refractivity contribution in [2.24, 2.45) is 0 Å². The van der Waals surface area contributed by atoms with E-state index >= 15 is 0 Å². The molecule has 142 valence electrons. The Kier molecular flexibility index (Phi) is 5.71.